The summed E-state index contributed by atoms with van der Waals surface area (Å²) in [5, 5.41) is 3.67. The first-order valence-corrected chi connectivity index (χ1v) is 7.99. The summed E-state index contributed by atoms with van der Waals surface area (Å²) in [6.07, 6.45) is 1.04. The van der Waals surface area contributed by atoms with Crippen LogP contribution in [0.25, 0.3) is 0 Å². The van der Waals surface area contributed by atoms with Crippen LogP contribution in [0.2, 0.25) is 0 Å². The van der Waals surface area contributed by atoms with Crippen LogP contribution < -0.4 is 19.6 Å². The average Bonchev–Trinajstić information content (AvgIpc) is 2.63. The van der Waals surface area contributed by atoms with Crippen LogP contribution in [0.3, 0.4) is 0 Å². The van der Waals surface area contributed by atoms with Gasteiger partial charge < -0.3 is 14.2 Å². The number of ether oxygens (including phenoxy) is 3. The Morgan fingerprint density at radius 2 is 1.68 bits per heavy atom. The number of hydrogen-bond acceptors (Lipinski definition) is 5. The fourth-order valence-corrected chi connectivity index (χ4v) is 2.09. The molecule has 2 rings (SSSR count). The lowest BCUT2D eigenvalue weighted by Crippen LogP contribution is -2.17. The Morgan fingerprint density at radius 1 is 1.04 bits per heavy atom. The Bertz CT molecular complexity index is 814. The molecular weight excluding hydrogens is 384 g/mol. The number of nitrogens with one attached hydrogen (secondary N) is 1. The maximum absolute atomic E-state index is 12.5. The number of amides is 1. The molecule has 28 heavy (non-hydrogen) atoms. The quantitative estimate of drug-likeness (QED) is 0.392. The van der Waals surface area contributed by atoms with Crippen LogP contribution in [0.4, 0.5) is 17.6 Å². The van der Waals surface area contributed by atoms with Crippen molar-refractivity contribution in [3.63, 3.8) is 0 Å². The van der Waals surface area contributed by atoms with Gasteiger partial charge in [0.05, 0.1) is 12.8 Å². The SMILES string of the molecule is CCOc1ccc(C(=O)N/N=C\c2ccc(OC(F)F)cc2OC(F)F)cc1. The number of hydrogen-bond donors (Lipinski definition) is 1. The molecule has 0 aliphatic carbocycles. The van der Waals surface area contributed by atoms with Gasteiger partial charge in [-0.05, 0) is 43.3 Å². The van der Waals surface area contributed by atoms with E-state index in [-0.39, 0.29) is 11.3 Å². The van der Waals surface area contributed by atoms with E-state index in [4.69, 9.17) is 4.74 Å². The molecule has 0 aromatic heterocycles. The van der Waals surface area contributed by atoms with Crippen molar-refractivity contribution in [1.29, 1.82) is 0 Å². The first-order valence-electron chi connectivity index (χ1n) is 7.99. The minimum absolute atomic E-state index is 0.0221. The van der Waals surface area contributed by atoms with E-state index < -0.39 is 24.9 Å². The maximum Gasteiger partial charge on any atom is 0.387 e. The standard InChI is InChI=1S/C18H16F4N2O4/c1-2-26-13-6-3-11(4-7-13)16(25)24-23-10-12-5-8-14(27-17(19)20)9-15(12)28-18(21)22/h3-10,17-18H,2H2,1H3,(H,24,25)/b23-10-. The van der Waals surface area contributed by atoms with Crippen LogP contribution >= 0.6 is 0 Å². The van der Waals surface area contributed by atoms with Crippen molar-refractivity contribution in [2.24, 2.45) is 5.10 Å². The molecule has 0 fully saturated rings. The normalized spacial score (nSPS) is 11.1. The molecule has 0 atom stereocenters. The zero-order valence-corrected chi connectivity index (χ0v) is 14.6. The Hall–Kier alpha value is -3.30. The molecule has 0 unspecified atom stereocenters. The maximum atomic E-state index is 12.5. The zero-order valence-electron chi connectivity index (χ0n) is 14.6. The van der Waals surface area contributed by atoms with Gasteiger partial charge in [-0.2, -0.15) is 22.7 Å². The third-order valence-electron chi connectivity index (χ3n) is 3.22. The molecule has 10 heteroatoms. The van der Waals surface area contributed by atoms with Crippen molar-refractivity contribution < 1.29 is 36.6 Å². The molecule has 0 saturated carbocycles. The zero-order chi connectivity index (χ0) is 20.5. The number of benzene rings is 2. The number of halogens is 4. The Kier molecular flexibility index (Phi) is 7.61. The number of hydrazone groups is 1. The number of nitrogens with zero attached hydrogens (tertiary/aromatic N) is 1. The third-order valence-corrected chi connectivity index (χ3v) is 3.22. The minimum atomic E-state index is -3.19. The Labute approximate surface area is 157 Å². The third kappa shape index (κ3) is 6.45. The van der Waals surface area contributed by atoms with E-state index in [1.807, 2.05) is 6.92 Å². The van der Waals surface area contributed by atoms with Crippen molar-refractivity contribution in [3.8, 4) is 17.2 Å². The van der Waals surface area contributed by atoms with Gasteiger partial charge in [-0.1, -0.05) is 0 Å². The molecule has 6 nitrogen and oxygen atoms in total. The van der Waals surface area contributed by atoms with Crippen LogP contribution in [0.5, 0.6) is 17.2 Å². The number of rotatable bonds is 9. The molecule has 0 aliphatic heterocycles. The molecule has 0 aliphatic rings. The summed E-state index contributed by atoms with van der Waals surface area (Å²) in [6, 6.07) is 9.45. The summed E-state index contributed by atoms with van der Waals surface area (Å²) >= 11 is 0. The molecule has 0 heterocycles. The highest BCUT2D eigenvalue weighted by molar-refractivity contribution is 5.95. The lowest BCUT2D eigenvalue weighted by Gasteiger charge is -2.10. The van der Waals surface area contributed by atoms with Crippen molar-refractivity contribution >= 4 is 12.1 Å². The number of carbonyl (C=O) groups excluding carboxylic acids is 1. The largest absolute Gasteiger partial charge is 0.494 e. The molecule has 0 bridgehead atoms. The predicted molar refractivity (Wildman–Crippen MR) is 92.4 cm³/mol. The minimum Gasteiger partial charge on any atom is -0.494 e. The summed E-state index contributed by atoms with van der Waals surface area (Å²) in [7, 11) is 0. The average molecular weight is 400 g/mol. The van der Waals surface area contributed by atoms with Crippen molar-refractivity contribution in [2.45, 2.75) is 20.1 Å². The highest BCUT2D eigenvalue weighted by atomic mass is 19.3. The van der Waals surface area contributed by atoms with Gasteiger partial charge >= 0.3 is 13.2 Å². The molecular formula is C18H16F4N2O4. The van der Waals surface area contributed by atoms with Crippen molar-refractivity contribution in [1.82, 2.24) is 5.43 Å². The highest BCUT2D eigenvalue weighted by Gasteiger charge is 2.13. The van der Waals surface area contributed by atoms with E-state index in [0.717, 1.165) is 18.3 Å². The highest BCUT2D eigenvalue weighted by Crippen LogP contribution is 2.26. The second-order valence-electron chi connectivity index (χ2n) is 5.11. The van der Waals surface area contributed by atoms with E-state index in [2.05, 4.69) is 20.0 Å². The van der Waals surface area contributed by atoms with E-state index in [9.17, 15) is 22.4 Å². The number of carbonyl (C=O) groups is 1. The lowest BCUT2D eigenvalue weighted by molar-refractivity contribution is -0.0543. The molecule has 150 valence electrons. The summed E-state index contributed by atoms with van der Waals surface area (Å²) in [6.45, 7) is -3.99. The van der Waals surface area contributed by atoms with Crippen LogP contribution in [0.1, 0.15) is 22.8 Å². The Balaban J connectivity index is 2.08. The summed E-state index contributed by atoms with van der Waals surface area (Å²) in [5.74, 6) is -0.746. The summed E-state index contributed by atoms with van der Waals surface area (Å²) < 4.78 is 63.2. The molecule has 0 radical (unpaired) electrons. The molecule has 2 aromatic rings. The second kappa shape index (κ2) is 10.1. The fourth-order valence-electron chi connectivity index (χ4n) is 2.09. The van der Waals surface area contributed by atoms with Crippen molar-refractivity contribution in [3.05, 3.63) is 53.6 Å². The summed E-state index contributed by atoms with van der Waals surface area (Å²) in [4.78, 5) is 12.0. The van der Waals surface area contributed by atoms with Gasteiger partial charge in [0.2, 0.25) is 0 Å². The smallest absolute Gasteiger partial charge is 0.387 e. The second-order valence-corrected chi connectivity index (χ2v) is 5.11. The van der Waals surface area contributed by atoms with E-state index >= 15 is 0 Å². The topological polar surface area (TPSA) is 69.2 Å². The molecule has 0 saturated heterocycles. The Morgan fingerprint density at radius 3 is 2.29 bits per heavy atom. The molecule has 2 aromatic carbocycles. The molecule has 1 N–H and O–H groups in total. The van der Waals surface area contributed by atoms with Gasteiger partial charge in [0, 0.05) is 17.2 Å². The number of alkyl halides is 4. The first-order chi connectivity index (χ1) is 13.4. The van der Waals surface area contributed by atoms with Gasteiger partial charge in [-0.25, -0.2) is 5.43 Å². The summed E-state index contributed by atoms with van der Waals surface area (Å²) in [5.41, 5.74) is 2.54. The van der Waals surface area contributed by atoms with E-state index in [0.29, 0.717) is 17.9 Å². The van der Waals surface area contributed by atoms with Gasteiger partial charge in [0.1, 0.15) is 17.2 Å². The fraction of sp³-hybridized carbons (Fsp3) is 0.222. The molecule has 1 amide bonds. The van der Waals surface area contributed by atoms with Crippen LogP contribution in [-0.2, 0) is 0 Å². The van der Waals surface area contributed by atoms with Crippen molar-refractivity contribution in [2.75, 3.05) is 6.61 Å². The van der Waals surface area contributed by atoms with E-state index in [1.165, 1.54) is 18.2 Å². The van der Waals surface area contributed by atoms with E-state index in [1.54, 1.807) is 12.1 Å². The van der Waals surface area contributed by atoms with Gasteiger partial charge in [0.25, 0.3) is 5.91 Å². The van der Waals surface area contributed by atoms with Crippen LogP contribution in [0, 0.1) is 0 Å². The lowest BCUT2D eigenvalue weighted by atomic mass is 10.2. The van der Waals surface area contributed by atoms with Gasteiger partial charge in [-0.15, -0.1) is 0 Å². The van der Waals surface area contributed by atoms with Gasteiger partial charge in [-0.3, -0.25) is 4.79 Å². The first kappa shape index (κ1) is 21.0. The monoisotopic (exact) mass is 400 g/mol. The van der Waals surface area contributed by atoms with Crippen LogP contribution in [-0.4, -0.2) is 32.0 Å². The van der Waals surface area contributed by atoms with Crippen LogP contribution in [0.15, 0.2) is 47.6 Å². The molecule has 0 spiro atoms. The predicted octanol–water partition coefficient (Wildman–Crippen LogP) is 4.05. The van der Waals surface area contributed by atoms with Gasteiger partial charge in [0.15, 0.2) is 0 Å².